The second kappa shape index (κ2) is 7.94. The standard InChI is InChI=1S/2C4H9.3ClH.Ti/c2*1-4(2)3;;;;/h2*1-3H3;3*1H;. The molecule has 0 aromatic heterocycles. The Balaban J connectivity index is -0.000000107. The number of halogens is 3. The molecule has 0 saturated carbocycles. The summed E-state index contributed by atoms with van der Waals surface area (Å²) >= 11 is 0.208. The summed E-state index contributed by atoms with van der Waals surface area (Å²) in [6.07, 6.45) is 0. The topological polar surface area (TPSA) is 0 Å². The van der Waals surface area contributed by atoms with E-state index in [-0.39, 0.29) is 56.4 Å². The molecule has 12 heavy (non-hydrogen) atoms. The third kappa shape index (κ3) is 22.6. The van der Waals surface area contributed by atoms with E-state index in [2.05, 4.69) is 41.5 Å². The fraction of sp³-hybridized carbons (Fsp3) is 1.00. The summed E-state index contributed by atoms with van der Waals surface area (Å²) in [7, 11) is 0. The van der Waals surface area contributed by atoms with Crippen molar-refractivity contribution in [1.82, 2.24) is 0 Å². The minimum Gasteiger partial charge on any atom is -0.147 e. The van der Waals surface area contributed by atoms with Gasteiger partial charge in [0.05, 0.1) is 0 Å². The van der Waals surface area contributed by atoms with Crippen molar-refractivity contribution in [3.63, 3.8) is 0 Å². The van der Waals surface area contributed by atoms with E-state index in [4.69, 9.17) is 0 Å². The summed E-state index contributed by atoms with van der Waals surface area (Å²) in [6, 6.07) is 0. The zero-order valence-corrected chi connectivity index (χ0v) is 12.7. The molecule has 0 aromatic carbocycles. The molecule has 0 fully saturated rings. The molecule has 0 spiro atoms. The van der Waals surface area contributed by atoms with Gasteiger partial charge in [0, 0.05) is 0 Å². The van der Waals surface area contributed by atoms with Gasteiger partial charge in [0.1, 0.15) is 0 Å². The van der Waals surface area contributed by atoms with Crippen LogP contribution < -0.4 is 0 Å². The van der Waals surface area contributed by atoms with Crippen molar-refractivity contribution < 1.29 is 19.2 Å². The van der Waals surface area contributed by atoms with Crippen molar-refractivity contribution in [2.24, 2.45) is 0 Å². The Hall–Kier alpha value is 1.58. The third-order valence-corrected chi connectivity index (χ3v) is 3.09. The van der Waals surface area contributed by atoms with Gasteiger partial charge in [-0.3, -0.25) is 0 Å². The average Bonchev–Trinajstić information content (AvgIpc) is 1.14. The van der Waals surface area contributed by atoms with Crippen molar-refractivity contribution >= 4 is 37.2 Å². The quantitative estimate of drug-likeness (QED) is 0.557. The Labute approximate surface area is 105 Å². The van der Waals surface area contributed by atoms with Gasteiger partial charge in [0.15, 0.2) is 0 Å². The van der Waals surface area contributed by atoms with Crippen LogP contribution in [0.15, 0.2) is 0 Å². The molecule has 0 N–H and O–H groups in total. The molecule has 0 atom stereocenters. The number of hydrogen-bond acceptors (Lipinski definition) is 0. The Morgan fingerprint density at radius 1 is 0.583 bits per heavy atom. The van der Waals surface area contributed by atoms with Gasteiger partial charge in [-0.15, -0.1) is 37.2 Å². The molecule has 0 aliphatic heterocycles. The van der Waals surface area contributed by atoms with Gasteiger partial charge in [-0.2, -0.15) is 0 Å². The molecular weight excluding hydrogens is 250 g/mol. The first-order chi connectivity index (χ1) is 3.71. The predicted octanol–water partition coefficient (Wildman–Crippen LogP) is 4.77. The number of hydrogen-bond donors (Lipinski definition) is 0. The van der Waals surface area contributed by atoms with E-state index >= 15 is 0 Å². The molecule has 0 aliphatic carbocycles. The maximum Gasteiger partial charge on any atom is -0.147 e. The molecule has 0 radical (unpaired) electrons. The van der Waals surface area contributed by atoms with Crippen LogP contribution in [0, 0.1) is 0 Å². The SMILES string of the molecule is C[C](C)(C)[Ti][C](C)(C)C.Cl.Cl.Cl. The predicted molar refractivity (Wildman–Crippen MR) is 61.2 cm³/mol. The molecule has 0 heterocycles. The summed E-state index contributed by atoms with van der Waals surface area (Å²) in [5, 5.41) is 0. The summed E-state index contributed by atoms with van der Waals surface area (Å²) in [5.74, 6) is 0. The van der Waals surface area contributed by atoms with E-state index in [0.717, 1.165) is 0 Å². The Kier molecular flexibility index (Phi) is 15.5. The molecule has 0 amide bonds. The van der Waals surface area contributed by atoms with Gasteiger partial charge in [-0.05, 0) is 0 Å². The summed E-state index contributed by atoms with van der Waals surface area (Å²) < 4.78 is 1.22. The van der Waals surface area contributed by atoms with Gasteiger partial charge in [-0.25, -0.2) is 0 Å². The monoisotopic (exact) mass is 270 g/mol. The van der Waals surface area contributed by atoms with Crippen molar-refractivity contribution in [2.45, 2.75) is 49.0 Å². The van der Waals surface area contributed by atoms with Crippen LogP contribution >= 0.6 is 37.2 Å². The van der Waals surface area contributed by atoms with Gasteiger partial charge >= 0.3 is 68.1 Å². The summed E-state index contributed by atoms with van der Waals surface area (Å²) in [5.41, 5.74) is 0. The van der Waals surface area contributed by atoms with Crippen LogP contribution in [-0.4, -0.2) is 0 Å². The molecule has 0 bridgehead atoms. The maximum atomic E-state index is 2.35. The van der Waals surface area contributed by atoms with Gasteiger partial charge in [-0.1, -0.05) is 0 Å². The van der Waals surface area contributed by atoms with Crippen molar-refractivity contribution in [2.75, 3.05) is 0 Å². The first-order valence-electron chi connectivity index (χ1n) is 3.50. The zero-order valence-electron chi connectivity index (χ0n) is 8.72. The molecule has 0 nitrogen and oxygen atoms in total. The van der Waals surface area contributed by atoms with Crippen molar-refractivity contribution in [1.29, 1.82) is 0 Å². The van der Waals surface area contributed by atoms with Crippen molar-refractivity contribution in [3.8, 4) is 0 Å². The normalized spacial score (nSPS) is 10.2. The van der Waals surface area contributed by atoms with E-state index in [1.807, 2.05) is 0 Å². The minimum atomic E-state index is 0. The largest absolute Gasteiger partial charge is 0.147 e. The molecule has 0 aromatic rings. The second-order valence-electron chi connectivity index (χ2n) is 4.62. The van der Waals surface area contributed by atoms with Crippen LogP contribution in [0.4, 0.5) is 0 Å². The van der Waals surface area contributed by atoms with Crippen LogP contribution in [-0.2, 0) is 19.2 Å². The van der Waals surface area contributed by atoms with Crippen LogP contribution in [0.1, 0.15) is 41.5 Å². The molecule has 78 valence electrons. The second-order valence-corrected chi connectivity index (χ2v) is 9.70. The first kappa shape index (κ1) is 23.4. The third-order valence-electron chi connectivity index (χ3n) is 0.750. The van der Waals surface area contributed by atoms with Crippen LogP contribution in [0.25, 0.3) is 0 Å². The van der Waals surface area contributed by atoms with E-state index < -0.39 is 0 Å². The van der Waals surface area contributed by atoms with E-state index in [1.54, 1.807) is 0 Å². The summed E-state index contributed by atoms with van der Waals surface area (Å²) in [4.78, 5) is 0. The molecule has 0 aliphatic rings. The number of rotatable bonds is 0. The summed E-state index contributed by atoms with van der Waals surface area (Å²) in [6.45, 7) is 14.1. The average molecular weight is 271 g/mol. The van der Waals surface area contributed by atoms with Crippen molar-refractivity contribution in [3.05, 3.63) is 0 Å². The van der Waals surface area contributed by atoms with Gasteiger partial charge in [0.25, 0.3) is 0 Å². The Morgan fingerprint density at radius 2 is 0.750 bits per heavy atom. The first-order valence-corrected chi connectivity index (χ1v) is 5.06. The maximum absolute atomic E-state index is 2.35. The fourth-order valence-electron chi connectivity index (χ4n) is 1.12. The molecule has 0 unspecified atom stereocenters. The smallest absolute Gasteiger partial charge is 0.147 e. The van der Waals surface area contributed by atoms with E-state index in [9.17, 15) is 0 Å². The molecule has 0 saturated heterocycles. The Morgan fingerprint density at radius 3 is 0.750 bits per heavy atom. The van der Waals surface area contributed by atoms with E-state index in [1.165, 1.54) is 0 Å². The zero-order chi connectivity index (χ0) is 7.71. The molecular formula is C8H21Cl3Ti. The van der Waals surface area contributed by atoms with Gasteiger partial charge < -0.3 is 0 Å². The molecule has 0 rings (SSSR count). The van der Waals surface area contributed by atoms with Crippen LogP contribution in [0.3, 0.4) is 0 Å². The van der Waals surface area contributed by atoms with Gasteiger partial charge in [0.2, 0.25) is 0 Å². The molecule has 4 heteroatoms. The Bertz CT molecular complexity index is 79.5. The van der Waals surface area contributed by atoms with Crippen LogP contribution in [0.5, 0.6) is 0 Å². The fourth-order valence-corrected chi connectivity index (χ4v) is 4.64. The van der Waals surface area contributed by atoms with Crippen LogP contribution in [0.2, 0.25) is 7.44 Å². The van der Waals surface area contributed by atoms with E-state index in [0.29, 0.717) is 7.44 Å². The minimum absolute atomic E-state index is 0.